The number of hydrogen-bond acceptors (Lipinski definition) is 1. The lowest BCUT2D eigenvalue weighted by molar-refractivity contribution is -0.126. The molecule has 82 valence electrons. The fraction of sp³-hybridized carbons (Fsp3) is 0.364. The Kier molecular flexibility index (Phi) is 5.67. The van der Waals surface area contributed by atoms with Crippen molar-refractivity contribution in [3.05, 3.63) is 35.9 Å². The maximum atomic E-state index is 11.6. The van der Waals surface area contributed by atoms with Crippen molar-refractivity contribution in [2.45, 2.75) is 19.4 Å². The molecule has 0 bridgehead atoms. The van der Waals surface area contributed by atoms with Crippen LogP contribution in [-0.2, 0) is 11.3 Å². The molecule has 0 saturated heterocycles. The van der Waals surface area contributed by atoms with E-state index < -0.39 is 0 Å². The molecule has 2 nitrogen and oxygen atoms in total. The average Bonchev–Trinajstić information content (AvgIpc) is 2.27. The van der Waals surface area contributed by atoms with Crippen molar-refractivity contribution >= 4 is 26.9 Å². The lowest BCUT2D eigenvalue weighted by Gasteiger charge is -2.16. The summed E-state index contributed by atoms with van der Waals surface area (Å²) in [4.78, 5) is 11.6. The summed E-state index contributed by atoms with van der Waals surface area (Å²) in [5.41, 5.74) is 1.13. The van der Waals surface area contributed by atoms with E-state index in [1.807, 2.05) is 30.3 Å². The zero-order valence-corrected chi connectivity index (χ0v) is 10.4. The highest BCUT2D eigenvalue weighted by atomic mass is 35.5. The number of benzene rings is 1. The number of rotatable bonds is 5. The van der Waals surface area contributed by atoms with Crippen LogP contribution in [0.4, 0.5) is 0 Å². The van der Waals surface area contributed by atoms with E-state index in [4.69, 9.17) is 11.6 Å². The molecule has 1 aromatic rings. The Hall–Kier alpha value is -0.590. The van der Waals surface area contributed by atoms with Gasteiger partial charge in [-0.25, -0.2) is 0 Å². The van der Waals surface area contributed by atoms with Crippen molar-refractivity contribution in [3.63, 3.8) is 0 Å². The Bertz CT molecular complexity index is 305. The molecular formula is C11H15ClNOP. The number of carbonyl (C=O) groups excluding carboxylic acids is 1. The Morgan fingerprint density at radius 1 is 1.33 bits per heavy atom. The van der Waals surface area contributed by atoms with Gasteiger partial charge in [0.2, 0.25) is 5.91 Å². The highest BCUT2D eigenvalue weighted by molar-refractivity contribution is 7.14. The third kappa shape index (κ3) is 4.63. The predicted molar refractivity (Wildman–Crippen MR) is 66.7 cm³/mol. The van der Waals surface area contributed by atoms with Crippen molar-refractivity contribution in [2.24, 2.45) is 0 Å². The summed E-state index contributed by atoms with van der Waals surface area (Å²) in [5.74, 6) is 0.653. The standard InChI is InChI=1S/C11H15ClNOP/c12-8-4-7-11(14)13(15)9-10-5-2-1-3-6-10/h1-3,5-6H,4,7-9,15H2. The fourth-order valence-corrected chi connectivity index (χ4v) is 1.70. The van der Waals surface area contributed by atoms with E-state index in [1.165, 1.54) is 0 Å². The van der Waals surface area contributed by atoms with Crippen LogP contribution in [0.5, 0.6) is 0 Å². The predicted octanol–water partition coefficient (Wildman–Crippen LogP) is 2.82. The topological polar surface area (TPSA) is 20.3 Å². The monoisotopic (exact) mass is 243 g/mol. The van der Waals surface area contributed by atoms with Crippen LogP contribution in [0.2, 0.25) is 0 Å². The molecular weight excluding hydrogens is 229 g/mol. The Morgan fingerprint density at radius 2 is 2.00 bits per heavy atom. The van der Waals surface area contributed by atoms with Crippen LogP contribution < -0.4 is 0 Å². The molecule has 0 fully saturated rings. The normalized spacial score (nSPS) is 10.0. The first kappa shape index (κ1) is 12.5. The maximum absolute atomic E-state index is 11.6. The lowest BCUT2D eigenvalue weighted by atomic mass is 10.2. The summed E-state index contributed by atoms with van der Waals surface area (Å²) < 4.78 is 1.65. The molecule has 0 radical (unpaired) electrons. The minimum atomic E-state index is 0.115. The summed E-state index contributed by atoms with van der Waals surface area (Å²) in [6, 6.07) is 9.91. The number of amides is 1. The van der Waals surface area contributed by atoms with Crippen molar-refractivity contribution in [1.29, 1.82) is 0 Å². The van der Waals surface area contributed by atoms with E-state index in [2.05, 4.69) is 9.39 Å². The molecule has 0 aliphatic heterocycles. The minimum Gasteiger partial charge on any atom is -0.323 e. The number of carbonyl (C=O) groups is 1. The van der Waals surface area contributed by atoms with E-state index in [0.717, 1.165) is 12.0 Å². The van der Waals surface area contributed by atoms with E-state index in [0.29, 0.717) is 18.8 Å². The smallest absolute Gasteiger partial charge is 0.225 e. The highest BCUT2D eigenvalue weighted by Gasteiger charge is 2.08. The molecule has 0 aliphatic carbocycles. The van der Waals surface area contributed by atoms with Gasteiger partial charge in [-0.2, -0.15) is 0 Å². The van der Waals surface area contributed by atoms with E-state index in [9.17, 15) is 4.79 Å². The Labute approximate surface area is 97.9 Å². The molecule has 1 amide bonds. The van der Waals surface area contributed by atoms with Crippen LogP contribution in [0.25, 0.3) is 0 Å². The molecule has 0 heterocycles. The second kappa shape index (κ2) is 6.81. The minimum absolute atomic E-state index is 0.115. The van der Waals surface area contributed by atoms with Gasteiger partial charge < -0.3 is 4.67 Å². The van der Waals surface area contributed by atoms with Gasteiger partial charge in [0.15, 0.2) is 0 Å². The molecule has 0 saturated carbocycles. The van der Waals surface area contributed by atoms with Crippen LogP contribution in [0, 0.1) is 0 Å². The second-order valence-electron chi connectivity index (χ2n) is 3.30. The van der Waals surface area contributed by atoms with Gasteiger partial charge in [0.25, 0.3) is 0 Å². The molecule has 0 N–H and O–H groups in total. The van der Waals surface area contributed by atoms with Gasteiger partial charge in [-0.05, 0) is 21.4 Å². The maximum Gasteiger partial charge on any atom is 0.225 e. The molecule has 0 aliphatic rings. The molecule has 1 unspecified atom stereocenters. The number of hydrogen-bond donors (Lipinski definition) is 0. The summed E-state index contributed by atoms with van der Waals surface area (Å²) in [6.07, 6.45) is 1.25. The summed E-state index contributed by atoms with van der Waals surface area (Å²) in [6.45, 7) is 0.632. The van der Waals surface area contributed by atoms with Crippen LogP contribution >= 0.6 is 21.0 Å². The van der Waals surface area contributed by atoms with E-state index >= 15 is 0 Å². The fourth-order valence-electron chi connectivity index (χ4n) is 1.23. The van der Waals surface area contributed by atoms with Crippen molar-refractivity contribution in [1.82, 2.24) is 4.67 Å². The molecule has 1 aromatic carbocycles. The first-order valence-electron chi connectivity index (χ1n) is 4.89. The van der Waals surface area contributed by atoms with Crippen molar-refractivity contribution < 1.29 is 4.79 Å². The molecule has 4 heteroatoms. The number of alkyl halides is 1. The third-order valence-corrected chi connectivity index (χ3v) is 2.78. The quantitative estimate of drug-likeness (QED) is 0.575. The Morgan fingerprint density at radius 3 is 2.60 bits per heavy atom. The van der Waals surface area contributed by atoms with E-state index in [1.54, 1.807) is 4.67 Å². The SMILES string of the molecule is O=C(CCCCl)N(P)Cc1ccccc1. The summed E-state index contributed by atoms with van der Waals surface area (Å²) in [5, 5.41) is 0. The summed E-state index contributed by atoms with van der Waals surface area (Å²) >= 11 is 5.53. The molecule has 0 aromatic heterocycles. The van der Waals surface area contributed by atoms with E-state index in [-0.39, 0.29) is 5.91 Å². The first-order valence-corrected chi connectivity index (χ1v) is 5.94. The first-order chi connectivity index (χ1) is 7.24. The van der Waals surface area contributed by atoms with Crippen LogP contribution in [0.1, 0.15) is 18.4 Å². The van der Waals surface area contributed by atoms with Crippen molar-refractivity contribution in [2.75, 3.05) is 5.88 Å². The highest BCUT2D eigenvalue weighted by Crippen LogP contribution is 2.11. The van der Waals surface area contributed by atoms with Gasteiger partial charge in [0.1, 0.15) is 0 Å². The van der Waals surface area contributed by atoms with Crippen LogP contribution in [0.15, 0.2) is 30.3 Å². The number of nitrogens with zero attached hydrogens (tertiary/aromatic N) is 1. The van der Waals surface area contributed by atoms with Gasteiger partial charge in [0.05, 0.1) is 0 Å². The van der Waals surface area contributed by atoms with Crippen LogP contribution in [-0.4, -0.2) is 16.5 Å². The zero-order valence-electron chi connectivity index (χ0n) is 8.53. The third-order valence-electron chi connectivity index (χ3n) is 2.04. The lowest BCUT2D eigenvalue weighted by Crippen LogP contribution is -2.20. The second-order valence-corrected chi connectivity index (χ2v) is 4.30. The van der Waals surface area contributed by atoms with Gasteiger partial charge in [0, 0.05) is 18.8 Å². The average molecular weight is 244 g/mol. The van der Waals surface area contributed by atoms with Gasteiger partial charge in [-0.15, -0.1) is 11.6 Å². The zero-order chi connectivity index (χ0) is 11.1. The van der Waals surface area contributed by atoms with Crippen LogP contribution in [0.3, 0.4) is 0 Å². The van der Waals surface area contributed by atoms with Gasteiger partial charge >= 0.3 is 0 Å². The summed E-state index contributed by atoms with van der Waals surface area (Å²) in [7, 11) is 2.46. The van der Waals surface area contributed by atoms with Crippen molar-refractivity contribution in [3.8, 4) is 0 Å². The van der Waals surface area contributed by atoms with Gasteiger partial charge in [-0.1, -0.05) is 30.3 Å². The Balaban J connectivity index is 2.41. The number of halogens is 1. The molecule has 0 spiro atoms. The molecule has 15 heavy (non-hydrogen) atoms. The largest absolute Gasteiger partial charge is 0.323 e. The van der Waals surface area contributed by atoms with Gasteiger partial charge in [-0.3, -0.25) is 4.79 Å². The molecule has 1 atom stereocenters. The molecule has 1 rings (SSSR count).